The van der Waals surface area contributed by atoms with Crippen molar-refractivity contribution in [3.05, 3.63) is 46.8 Å². The summed E-state index contributed by atoms with van der Waals surface area (Å²) in [5, 5.41) is 20.5. The summed E-state index contributed by atoms with van der Waals surface area (Å²) >= 11 is 0. The number of aromatic nitrogens is 3. The van der Waals surface area contributed by atoms with E-state index in [2.05, 4.69) is 15.5 Å². The number of aliphatic hydroxyl groups excluding tert-OH is 1. The van der Waals surface area contributed by atoms with E-state index in [9.17, 15) is 14.3 Å². The van der Waals surface area contributed by atoms with Crippen molar-refractivity contribution in [3.8, 4) is 0 Å². The maximum atomic E-state index is 13.6. The maximum Gasteiger partial charge on any atom is 0.251 e. The molecule has 1 fully saturated rings. The number of aryl methyl sites for hydroxylation is 1. The van der Waals surface area contributed by atoms with Crippen LogP contribution in [0.5, 0.6) is 0 Å². The molecule has 1 aliphatic rings. The van der Waals surface area contributed by atoms with E-state index in [4.69, 9.17) is 4.74 Å². The summed E-state index contributed by atoms with van der Waals surface area (Å²) in [5.74, 6) is 0.827. The minimum atomic E-state index is -0.382. The zero-order valence-corrected chi connectivity index (χ0v) is 14.9. The van der Waals surface area contributed by atoms with Crippen molar-refractivity contribution in [2.24, 2.45) is 0 Å². The number of ether oxygens (including phenoxy) is 1. The normalized spacial score (nSPS) is 19.2. The van der Waals surface area contributed by atoms with Crippen LogP contribution in [-0.2, 0) is 17.9 Å². The van der Waals surface area contributed by atoms with Crippen molar-refractivity contribution < 1.29 is 19.0 Å². The summed E-state index contributed by atoms with van der Waals surface area (Å²) in [4.78, 5) is 12.3. The maximum absolute atomic E-state index is 13.6. The van der Waals surface area contributed by atoms with Gasteiger partial charge in [-0.25, -0.2) is 4.39 Å². The lowest BCUT2D eigenvalue weighted by Crippen LogP contribution is -2.44. The topological polar surface area (TPSA) is 89.3 Å². The Balaban J connectivity index is 1.59. The Morgan fingerprint density at radius 2 is 2.19 bits per heavy atom. The number of nitrogens with zero attached hydrogens (tertiary/aromatic N) is 3. The van der Waals surface area contributed by atoms with Crippen LogP contribution >= 0.6 is 0 Å². The van der Waals surface area contributed by atoms with Crippen molar-refractivity contribution in [2.45, 2.75) is 44.9 Å². The van der Waals surface area contributed by atoms with Gasteiger partial charge in [-0.15, -0.1) is 10.2 Å². The largest absolute Gasteiger partial charge is 0.388 e. The Bertz CT molecular complexity index is 787. The number of amides is 1. The first-order valence-electron chi connectivity index (χ1n) is 8.62. The molecule has 0 spiro atoms. The predicted molar refractivity (Wildman–Crippen MR) is 92.2 cm³/mol. The number of carbonyl (C=O) groups excluding carboxylic acids is 1. The molecule has 1 aromatic carbocycles. The van der Waals surface area contributed by atoms with Gasteiger partial charge in [0.05, 0.1) is 6.61 Å². The number of halogens is 1. The zero-order valence-electron chi connectivity index (χ0n) is 14.9. The van der Waals surface area contributed by atoms with Crippen LogP contribution in [0.2, 0.25) is 0 Å². The van der Waals surface area contributed by atoms with E-state index in [1.807, 2.05) is 4.57 Å². The molecule has 0 atom stereocenters. The van der Waals surface area contributed by atoms with Gasteiger partial charge in [-0.3, -0.25) is 4.79 Å². The molecule has 1 aromatic heterocycles. The number of methoxy groups -OCH3 is 1. The minimum absolute atomic E-state index is 0.0158. The van der Waals surface area contributed by atoms with Crippen LogP contribution < -0.4 is 5.32 Å². The number of carbonyl (C=O) groups is 1. The predicted octanol–water partition coefficient (Wildman–Crippen LogP) is 1.54. The Hall–Kier alpha value is -2.32. The van der Waals surface area contributed by atoms with Crippen molar-refractivity contribution in [1.82, 2.24) is 20.1 Å². The van der Waals surface area contributed by atoms with E-state index in [0.29, 0.717) is 30.1 Å². The third kappa shape index (κ3) is 3.76. The fourth-order valence-corrected chi connectivity index (χ4v) is 3.14. The molecule has 0 unspecified atom stereocenters. The Kier molecular flexibility index (Phi) is 5.63. The van der Waals surface area contributed by atoms with Crippen LogP contribution in [0.15, 0.2) is 18.2 Å². The van der Waals surface area contributed by atoms with Gasteiger partial charge < -0.3 is 19.7 Å². The molecule has 0 aliphatic heterocycles. The van der Waals surface area contributed by atoms with Gasteiger partial charge in [0, 0.05) is 31.2 Å². The molecule has 1 heterocycles. The Labute approximate surface area is 151 Å². The van der Waals surface area contributed by atoms with E-state index >= 15 is 0 Å². The molecule has 26 heavy (non-hydrogen) atoms. The first-order valence-corrected chi connectivity index (χ1v) is 8.62. The van der Waals surface area contributed by atoms with Crippen LogP contribution in [0.4, 0.5) is 4.39 Å². The second-order valence-electron chi connectivity index (χ2n) is 6.58. The number of rotatable bonds is 7. The van der Waals surface area contributed by atoms with E-state index < -0.39 is 0 Å². The molecule has 1 saturated carbocycles. The van der Waals surface area contributed by atoms with Gasteiger partial charge in [-0.05, 0) is 37.5 Å². The summed E-state index contributed by atoms with van der Waals surface area (Å²) in [6.07, 6.45) is 1.47. The smallest absolute Gasteiger partial charge is 0.251 e. The summed E-state index contributed by atoms with van der Waals surface area (Å²) in [7, 11) is 1.62. The number of hydrogen-bond acceptors (Lipinski definition) is 5. The number of hydrogen-bond donors (Lipinski definition) is 2. The summed E-state index contributed by atoms with van der Waals surface area (Å²) < 4.78 is 20.6. The van der Waals surface area contributed by atoms with Crippen molar-refractivity contribution >= 4 is 5.91 Å². The fraction of sp³-hybridized carbons (Fsp3) is 0.500. The first kappa shape index (κ1) is 18.5. The van der Waals surface area contributed by atoms with Gasteiger partial charge in [0.15, 0.2) is 5.82 Å². The summed E-state index contributed by atoms with van der Waals surface area (Å²) in [6, 6.07) is 4.50. The van der Waals surface area contributed by atoms with Gasteiger partial charge >= 0.3 is 0 Å². The Morgan fingerprint density at radius 3 is 2.85 bits per heavy atom. The molecule has 2 aromatic rings. The lowest BCUT2D eigenvalue weighted by molar-refractivity contribution is 0.0905. The lowest BCUT2D eigenvalue weighted by Gasteiger charge is -2.35. The number of nitrogens with one attached hydrogen (secondary N) is 1. The first-order chi connectivity index (χ1) is 12.5. The highest BCUT2D eigenvalue weighted by atomic mass is 19.1. The molecular weight excluding hydrogens is 339 g/mol. The van der Waals surface area contributed by atoms with Gasteiger partial charge in [0.1, 0.15) is 18.2 Å². The summed E-state index contributed by atoms with van der Waals surface area (Å²) in [6.45, 7) is 2.56. The van der Waals surface area contributed by atoms with Gasteiger partial charge in [-0.2, -0.15) is 0 Å². The zero-order chi connectivity index (χ0) is 18.7. The monoisotopic (exact) mass is 362 g/mol. The molecule has 3 rings (SSSR count). The molecule has 7 nitrogen and oxygen atoms in total. The lowest BCUT2D eigenvalue weighted by atomic mass is 9.79. The molecule has 0 bridgehead atoms. The molecule has 2 N–H and O–H groups in total. The van der Waals surface area contributed by atoms with Crippen molar-refractivity contribution in [3.63, 3.8) is 0 Å². The summed E-state index contributed by atoms with van der Waals surface area (Å²) in [5.41, 5.74) is 0.836. The third-order valence-corrected chi connectivity index (χ3v) is 4.79. The van der Waals surface area contributed by atoms with Gasteiger partial charge in [0.25, 0.3) is 5.91 Å². The number of benzene rings is 1. The second-order valence-corrected chi connectivity index (χ2v) is 6.58. The fourth-order valence-electron chi connectivity index (χ4n) is 3.14. The van der Waals surface area contributed by atoms with Crippen LogP contribution in [0.3, 0.4) is 0 Å². The molecule has 1 aliphatic carbocycles. The number of aliphatic hydroxyl groups is 1. The molecular formula is C18H23FN4O3. The van der Waals surface area contributed by atoms with Gasteiger partial charge in [0.2, 0.25) is 0 Å². The van der Waals surface area contributed by atoms with Gasteiger partial charge in [-0.1, -0.05) is 6.07 Å². The molecule has 0 saturated heterocycles. The molecule has 1 amide bonds. The minimum Gasteiger partial charge on any atom is -0.388 e. The van der Waals surface area contributed by atoms with Crippen molar-refractivity contribution in [1.29, 1.82) is 0 Å². The highest BCUT2D eigenvalue weighted by molar-refractivity contribution is 5.94. The van der Waals surface area contributed by atoms with E-state index in [1.54, 1.807) is 26.2 Å². The third-order valence-electron chi connectivity index (χ3n) is 4.79. The SMILES string of the molecule is COCCn1c(CO)nnc1C1CC(NC(=O)c2ccc(C)c(F)c2)C1. The highest BCUT2D eigenvalue weighted by Crippen LogP contribution is 2.36. The van der Waals surface area contributed by atoms with E-state index in [0.717, 1.165) is 18.7 Å². The van der Waals surface area contributed by atoms with Crippen molar-refractivity contribution in [2.75, 3.05) is 13.7 Å². The van der Waals surface area contributed by atoms with E-state index in [1.165, 1.54) is 6.07 Å². The van der Waals surface area contributed by atoms with E-state index in [-0.39, 0.29) is 30.3 Å². The van der Waals surface area contributed by atoms with Crippen LogP contribution in [-0.4, -0.2) is 45.5 Å². The molecule has 140 valence electrons. The van der Waals surface area contributed by atoms with Crippen LogP contribution in [0.25, 0.3) is 0 Å². The molecule has 8 heteroatoms. The van der Waals surface area contributed by atoms with Crippen LogP contribution in [0.1, 0.15) is 46.3 Å². The average Bonchev–Trinajstić information content (AvgIpc) is 3.00. The standard InChI is InChI=1S/C18H23FN4O3/c1-11-3-4-12(9-15(11)19)18(25)20-14-7-13(8-14)17-22-21-16(10-24)23(17)5-6-26-2/h3-4,9,13-14,24H,5-8,10H2,1-2H3,(H,20,25). The molecule has 0 radical (unpaired) electrons. The highest BCUT2D eigenvalue weighted by Gasteiger charge is 2.35. The average molecular weight is 362 g/mol. The second kappa shape index (κ2) is 7.92. The quantitative estimate of drug-likeness (QED) is 0.780. The Morgan fingerprint density at radius 1 is 1.42 bits per heavy atom. The van der Waals surface area contributed by atoms with Crippen LogP contribution in [0, 0.1) is 12.7 Å².